The Kier molecular flexibility index (Phi) is 5.04. The molecule has 2 N–H and O–H groups in total. The number of aliphatic hydroxyl groups excluding tert-OH is 1. The molecule has 1 aromatic carbocycles. The third-order valence-electron chi connectivity index (χ3n) is 3.56. The molecule has 6 heteroatoms. The number of rotatable bonds is 2. The van der Waals surface area contributed by atoms with Crippen LogP contribution in [-0.4, -0.2) is 13.4 Å². The molecule has 1 aromatic rings. The molecular weight excluding hydrogens is 532 g/mol. The standard InChI is InChI=1S/C15H14Br4O2/c1-14(2,12-4-3-8(20)7-15(12,18)19)13-10(16)5-9(21)6-11(13)17/h3-6,20-21H,7H2,1-2H3. The molecule has 0 aliphatic heterocycles. The third-order valence-corrected chi connectivity index (χ3v) is 6.23. The highest BCUT2D eigenvalue weighted by Gasteiger charge is 2.42. The molecule has 0 fully saturated rings. The van der Waals surface area contributed by atoms with Gasteiger partial charge < -0.3 is 10.2 Å². The molecule has 0 radical (unpaired) electrons. The van der Waals surface area contributed by atoms with Crippen LogP contribution in [0.5, 0.6) is 5.75 Å². The van der Waals surface area contributed by atoms with Crippen LogP contribution in [0.2, 0.25) is 0 Å². The fourth-order valence-corrected chi connectivity index (χ4v) is 6.62. The molecule has 0 amide bonds. The highest BCUT2D eigenvalue weighted by Crippen LogP contribution is 2.53. The Bertz CT molecular complexity index is 622. The Morgan fingerprint density at radius 2 is 1.57 bits per heavy atom. The second-order valence-corrected chi connectivity index (χ2v) is 11.0. The molecule has 0 heterocycles. The molecule has 0 unspecified atom stereocenters. The number of phenolic OH excluding ortho intramolecular Hbond substituents is 1. The van der Waals surface area contributed by atoms with E-state index >= 15 is 0 Å². The van der Waals surface area contributed by atoms with Gasteiger partial charge in [0.2, 0.25) is 0 Å². The highest BCUT2D eigenvalue weighted by atomic mass is 79.9. The molecule has 1 aliphatic rings. The number of aliphatic hydroxyl groups is 1. The minimum Gasteiger partial charge on any atom is -0.512 e. The van der Waals surface area contributed by atoms with Gasteiger partial charge in [-0.3, -0.25) is 0 Å². The smallest absolute Gasteiger partial charge is 0.117 e. The minimum atomic E-state index is -0.501. The zero-order valence-corrected chi connectivity index (χ0v) is 17.8. The van der Waals surface area contributed by atoms with Gasteiger partial charge in [0.15, 0.2) is 0 Å². The monoisotopic (exact) mass is 542 g/mol. The van der Waals surface area contributed by atoms with Gasteiger partial charge in [-0.1, -0.05) is 83.6 Å². The normalized spacial score (nSPS) is 18.2. The van der Waals surface area contributed by atoms with Crippen molar-refractivity contribution in [3.05, 3.63) is 50.1 Å². The maximum atomic E-state index is 9.75. The molecule has 0 bridgehead atoms. The van der Waals surface area contributed by atoms with Crippen LogP contribution in [-0.2, 0) is 5.41 Å². The van der Waals surface area contributed by atoms with Crippen LogP contribution in [0, 0.1) is 0 Å². The van der Waals surface area contributed by atoms with E-state index in [0.29, 0.717) is 12.2 Å². The van der Waals surface area contributed by atoms with Crippen molar-refractivity contribution in [1.82, 2.24) is 0 Å². The summed E-state index contributed by atoms with van der Waals surface area (Å²) in [4.78, 5) is 0. The average Bonchev–Trinajstić information content (AvgIpc) is 2.23. The van der Waals surface area contributed by atoms with Gasteiger partial charge in [-0.25, -0.2) is 0 Å². The SMILES string of the molecule is CC(C)(C1=CC=C(O)CC1(Br)Br)c1c(Br)cc(O)cc1Br. The van der Waals surface area contributed by atoms with Gasteiger partial charge in [0.05, 0.1) is 5.76 Å². The summed E-state index contributed by atoms with van der Waals surface area (Å²) in [6.45, 7) is 4.21. The number of allylic oxidation sites excluding steroid dienone is 4. The van der Waals surface area contributed by atoms with Gasteiger partial charge in [0, 0.05) is 20.8 Å². The summed E-state index contributed by atoms with van der Waals surface area (Å²) < 4.78 is 1.16. The summed E-state index contributed by atoms with van der Waals surface area (Å²) >= 11 is 14.4. The van der Waals surface area contributed by atoms with E-state index in [-0.39, 0.29) is 11.2 Å². The van der Waals surface area contributed by atoms with Crippen molar-refractivity contribution in [2.75, 3.05) is 0 Å². The molecule has 0 saturated heterocycles. The van der Waals surface area contributed by atoms with Crippen LogP contribution in [0.15, 0.2) is 44.6 Å². The fourth-order valence-electron chi connectivity index (χ4n) is 2.64. The molecule has 0 aromatic heterocycles. The topological polar surface area (TPSA) is 40.5 Å². The van der Waals surface area contributed by atoms with E-state index in [4.69, 9.17) is 0 Å². The van der Waals surface area contributed by atoms with Gasteiger partial charge in [0.1, 0.15) is 8.98 Å². The first kappa shape index (κ1) is 17.6. The zero-order chi connectivity index (χ0) is 16.0. The van der Waals surface area contributed by atoms with Crippen LogP contribution in [0.1, 0.15) is 25.8 Å². The zero-order valence-electron chi connectivity index (χ0n) is 11.4. The summed E-state index contributed by atoms with van der Waals surface area (Å²) in [5.74, 6) is 0.527. The van der Waals surface area contributed by atoms with Gasteiger partial charge in [-0.05, 0) is 29.3 Å². The maximum Gasteiger partial charge on any atom is 0.117 e. The lowest BCUT2D eigenvalue weighted by molar-refractivity contribution is 0.380. The number of hydrogen-bond acceptors (Lipinski definition) is 2. The molecule has 2 rings (SSSR count). The highest BCUT2D eigenvalue weighted by molar-refractivity contribution is 9.25. The van der Waals surface area contributed by atoms with E-state index in [0.717, 1.165) is 20.1 Å². The van der Waals surface area contributed by atoms with Crippen LogP contribution in [0.4, 0.5) is 0 Å². The second kappa shape index (κ2) is 6.02. The quantitative estimate of drug-likeness (QED) is 0.419. The molecule has 0 atom stereocenters. The number of halogens is 4. The van der Waals surface area contributed by atoms with Gasteiger partial charge in [0.25, 0.3) is 0 Å². The molecule has 21 heavy (non-hydrogen) atoms. The first-order valence-electron chi connectivity index (χ1n) is 6.23. The summed E-state index contributed by atoms with van der Waals surface area (Å²) in [6.07, 6.45) is 4.11. The van der Waals surface area contributed by atoms with Crippen LogP contribution >= 0.6 is 63.7 Å². The fraction of sp³-hybridized carbons (Fsp3) is 0.333. The van der Waals surface area contributed by atoms with E-state index in [9.17, 15) is 10.2 Å². The van der Waals surface area contributed by atoms with Gasteiger partial charge >= 0.3 is 0 Å². The predicted molar refractivity (Wildman–Crippen MR) is 101 cm³/mol. The molecule has 2 nitrogen and oxygen atoms in total. The van der Waals surface area contributed by atoms with Crippen molar-refractivity contribution in [2.45, 2.75) is 28.9 Å². The van der Waals surface area contributed by atoms with E-state index < -0.39 is 3.23 Å². The summed E-state index contributed by atoms with van der Waals surface area (Å²) in [7, 11) is 0. The number of phenols is 1. The van der Waals surface area contributed by atoms with Gasteiger partial charge in [-0.2, -0.15) is 0 Å². The Balaban J connectivity index is 2.63. The summed E-state index contributed by atoms with van der Waals surface area (Å²) in [5.41, 5.74) is 1.78. The van der Waals surface area contributed by atoms with Crippen LogP contribution < -0.4 is 0 Å². The molecule has 1 aliphatic carbocycles. The minimum absolute atomic E-state index is 0.201. The Morgan fingerprint density at radius 1 is 1.05 bits per heavy atom. The van der Waals surface area contributed by atoms with Crippen LogP contribution in [0.3, 0.4) is 0 Å². The van der Waals surface area contributed by atoms with Crippen molar-refractivity contribution in [3.63, 3.8) is 0 Å². The summed E-state index contributed by atoms with van der Waals surface area (Å²) in [5, 5.41) is 19.4. The largest absolute Gasteiger partial charge is 0.512 e. The third kappa shape index (κ3) is 3.43. The maximum absolute atomic E-state index is 9.75. The number of alkyl halides is 2. The lowest BCUT2D eigenvalue weighted by atomic mass is 9.74. The Hall–Kier alpha value is 0.220. The van der Waals surface area contributed by atoms with Crippen molar-refractivity contribution in [1.29, 1.82) is 0 Å². The average molecular weight is 546 g/mol. The van der Waals surface area contributed by atoms with Crippen molar-refractivity contribution >= 4 is 63.7 Å². The van der Waals surface area contributed by atoms with E-state index in [2.05, 4.69) is 77.6 Å². The van der Waals surface area contributed by atoms with E-state index in [1.54, 1.807) is 18.2 Å². The molecular formula is C15H14Br4O2. The van der Waals surface area contributed by atoms with Crippen molar-refractivity contribution < 1.29 is 10.2 Å². The lowest BCUT2D eigenvalue weighted by Gasteiger charge is -2.39. The van der Waals surface area contributed by atoms with Crippen molar-refractivity contribution in [3.8, 4) is 5.75 Å². The number of aromatic hydroxyl groups is 1. The molecule has 0 saturated carbocycles. The molecule has 114 valence electrons. The van der Waals surface area contributed by atoms with Gasteiger partial charge in [-0.15, -0.1) is 0 Å². The lowest BCUT2D eigenvalue weighted by Crippen LogP contribution is -2.33. The van der Waals surface area contributed by atoms with Crippen molar-refractivity contribution in [2.24, 2.45) is 0 Å². The first-order valence-corrected chi connectivity index (χ1v) is 9.40. The first-order chi connectivity index (χ1) is 9.55. The summed E-state index contributed by atoms with van der Waals surface area (Å²) in [6, 6.07) is 3.37. The molecule has 0 spiro atoms. The number of hydrogen-bond donors (Lipinski definition) is 2. The predicted octanol–water partition coefficient (Wildman–Crippen LogP) is 6.45. The second-order valence-electron chi connectivity index (χ2n) is 5.53. The van der Waals surface area contributed by atoms with E-state index in [1.165, 1.54) is 0 Å². The Labute approximate surface area is 157 Å². The Morgan fingerprint density at radius 3 is 2.05 bits per heavy atom. The van der Waals surface area contributed by atoms with E-state index in [1.807, 2.05) is 6.08 Å². The van der Waals surface area contributed by atoms with Crippen LogP contribution in [0.25, 0.3) is 0 Å². The number of benzene rings is 1.